The Balaban J connectivity index is 1.24. The van der Waals surface area contributed by atoms with Crippen LogP contribution in [0.1, 0.15) is 30.5 Å². The molecule has 0 radical (unpaired) electrons. The van der Waals surface area contributed by atoms with Gasteiger partial charge in [0.2, 0.25) is 5.95 Å². The monoisotopic (exact) mass is 516 g/mol. The second-order valence-electron chi connectivity index (χ2n) is 9.90. The topological polar surface area (TPSA) is 129 Å². The van der Waals surface area contributed by atoms with E-state index >= 15 is 0 Å². The molecule has 1 saturated carbocycles. The second kappa shape index (κ2) is 10.9. The third-order valence-electron chi connectivity index (χ3n) is 7.39. The molecule has 2 aliphatic heterocycles. The van der Waals surface area contributed by atoms with Crippen LogP contribution >= 0.6 is 0 Å². The molecular formula is C27H32N8O3. The van der Waals surface area contributed by atoms with E-state index < -0.39 is 6.10 Å². The summed E-state index contributed by atoms with van der Waals surface area (Å²) in [6.45, 7) is 4.36. The maximum atomic E-state index is 12.4. The van der Waals surface area contributed by atoms with E-state index in [4.69, 9.17) is 14.7 Å². The Bertz CT molecular complexity index is 1270. The number of nitrogens with zero attached hydrogens (tertiary/aromatic N) is 6. The van der Waals surface area contributed by atoms with Crippen molar-refractivity contribution in [3.63, 3.8) is 0 Å². The molecule has 3 aliphatic rings. The zero-order valence-electron chi connectivity index (χ0n) is 21.2. The molecule has 38 heavy (non-hydrogen) atoms. The first kappa shape index (κ1) is 24.5. The van der Waals surface area contributed by atoms with Gasteiger partial charge in [0.05, 0.1) is 37.6 Å². The maximum Gasteiger partial charge on any atom is 0.319 e. The number of nitrogens with one attached hydrogen (secondary N) is 2. The Labute approximate surface area is 221 Å². The third-order valence-corrected chi connectivity index (χ3v) is 7.39. The minimum absolute atomic E-state index is 0.197. The van der Waals surface area contributed by atoms with Crippen LogP contribution in [0.15, 0.2) is 42.7 Å². The smallest absolute Gasteiger partial charge is 0.319 e. The summed E-state index contributed by atoms with van der Waals surface area (Å²) in [5.74, 6) is 2.31. The fourth-order valence-electron chi connectivity index (χ4n) is 5.35. The molecule has 1 aliphatic carbocycles. The summed E-state index contributed by atoms with van der Waals surface area (Å²) in [5.41, 5.74) is 3.68. The lowest BCUT2D eigenvalue weighted by atomic mass is 10.0. The Morgan fingerprint density at radius 1 is 1.00 bits per heavy atom. The summed E-state index contributed by atoms with van der Waals surface area (Å²) in [6, 6.07) is 8.85. The molecule has 1 saturated heterocycles. The summed E-state index contributed by atoms with van der Waals surface area (Å²) in [5, 5.41) is 15.7. The van der Waals surface area contributed by atoms with E-state index in [1.165, 1.54) is 5.56 Å². The molecule has 3 aromatic rings. The number of aromatic nitrogens is 4. The van der Waals surface area contributed by atoms with E-state index in [9.17, 15) is 9.90 Å². The molecule has 2 atom stereocenters. The van der Waals surface area contributed by atoms with Crippen LogP contribution in [-0.2, 0) is 17.7 Å². The van der Waals surface area contributed by atoms with Crippen LogP contribution in [0.3, 0.4) is 0 Å². The number of ether oxygens (including phenoxy) is 1. The quantitative estimate of drug-likeness (QED) is 0.468. The van der Waals surface area contributed by atoms with Gasteiger partial charge in [-0.15, -0.1) is 0 Å². The number of carbonyl (C=O) groups is 1. The van der Waals surface area contributed by atoms with Crippen molar-refractivity contribution in [2.45, 2.75) is 44.4 Å². The van der Waals surface area contributed by atoms with Crippen molar-refractivity contribution in [2.24, 2.45) is 0 Å². The van der Waals surface area contributed by atoms with Gasteiger partial charge in [0.15, 0.2) is 5.82 Å². The van der Waals surface area contributed by atoms with Gasteiger partial charge in [-0.05, 0) is 56.0 Å². The van der Waals surface area contributed by atoms with Gasteiger partial charge in [0, 0.05) is 48.8 Å². The van der Waals surface area contributed by atoms with Crippen LogP contribution in [0.5, 0.6) is 0 Å². The lowest BCUT2D eigenvalue weighted by molar-refractivity contribution is 0.122. The van der Waals surface area contributed by atoms with Crippen LogP contribution < -0.4 is 20.4 Å². The number of aliphatic hydroxyl groups excluding tert-OH is 1. The molecule has 3 N–H and O–H groups in total. The van der Waals surface area contributed by atoms with Crippen molar-refractivity contribution in [1.29, 1.82) is 0 Å². The summed E-state index contributed by atoms with van der Waals surface area (Å²) in [7, 11) is 0. The van der Waals surface area contributed by atoms with E-state index in [-0.39, 0.29) is 12.1 Å². The van der Waals surface area contributed by atoms with Crippen molar-refractivity contribution >= 4 is 23.5 Å². The molecule has 2 amide bonds. The van der Waals surface area contributed by atoms with E-state index in [2.05, 4.69) is 30.4 Å². The second-order valence-corrected chi connectivity index (χ2v) is 9.90. The molecule has 2 aromatic heterocycles. The van der Waals surface area contributed by atoms with Gasteiger partial charge in [-0.1, -0.05) is 0 Å². The first-order valence-corrected chi connectivity index (χ1v) is 13.2. The maximum absolute atomic E-state index is 12.4. The predicted octanol–water partition coefficient (Wildman–Crippen LogP) is 2.37. The minimum atomic E-state index is -0.477. The van der Waals surface area contributed by atoms with E-state index in [1.54, 1.807) is 12.4 Å². The molecule has 6 rings (SSSR count). The first-order chi connectivity index (χ1) is 18.6. The summed E-state index contributed by atoms with van der Waals surface area (Å²) in [4.78, 5) is 35.7. The molecular weight excluding hydrogens is 484 g/mol. The van der Waals surface area contributed by atoms with Crippen molar-refractivity contribution in [3.05, 3.63) is 54.0 Å². The summed E-state index contributed by atoms with van der Waals surface area (Å²) in [6.07, 6.45) is 6.29. The van der Waals surface area contributed by atoms with Gasteiger partial charge in [-0.3, -0.25) is 0 Å². The number of fused-ring (bicyclic) bond motifs is 1. The average molecular weight is 517 g/mol. The molecule has 11 heteroatoms. The Kier molecular flexibility index (Phi) is 7.02. The zero-order valence-corrected chi connectivity index (χ0v) is 21.2. The van der Waals surface area contributed by atoms with Crippen LogP contribution in [0.4, 0.5) is 22.2 Å². The molecule has 0 unspecified atom stereocenters. The predicted molar refractivity (Wildman–Crippen MR) is 143 cm³/mol. The minimum Gasteiger partial charge on any atom is -0.391 e. The fraction of sp³-hybridized carbons (Fsp3) is 0.444. The molecule has 2 fully saturated rings. The van der Waals surface area contributed by atoms with Gasteiger partial charge < -0.3 is 30.3 Å². The molecule has 0 spiro atoms. The van der Waals surface area contributed by atoms with Gasteiger partial charge in [-0.25, -0.2) is 24.7 Å². The molecule has 0 bridgehead atoms. The SMILES string of the molecule is O=C(Nc1ccc(-c2nc3c(c(N4CCOCC4)n2)CCN(c2ncccn2)C3)cc1)N[C@H]1CCC[C@@H]1O. The molecule has 1 aromatic carbocycles. The highest BCUT2D eigenvalue weighted by Crippen LogP contribution is 2.31. The largest absolute Gasteiger partial charge is 0.391 e. The molecule has 198 valence electrons. The normalized spacial score (nSPS) is 21.2. The summed E-state index contributed by atoms with van der Waals surface area (Å²) < 4.78 is 5.58. The van der Waals surface area contributed by atoms with E-state index in [0.29, 0.717) is 37.2 Å². The first-order valence-electron chi connectivity index (χ1n) is 13.2. The fourth-order valence-corrected chi connectivity index (χ4v) is 5.35. The number of rotatable bonds is 5. The van der Waals surface area contributed by atoms with Crippen molar-refractivity contribution in [3.8, 4) is 11.4 Å². The van der Waals surface area contributed by atoms with Crippen LogP contribution in [0, 0.1) is 0 Å². The van der Waals surface area contributed by atoms with Crippen molar-refractivity contribution < 1.29 is 14.6 Å². The van der Waals surface area contributed by atoms with Crippen LogP contribution in [-0.4, -0.2) is 76.1 Å². The number of benzene rings is 1. The number of hydrogen-bond acceptors (Lipinski definition) is 9. The lowest BCUT2D eigenvalue weighted by Crippen LogP contribution is -2.42. The summed E-state index contributed by atoms with van der Waals surface area (Å²) >= 11 is 0. The van der Waals surface area contributed by atoms with Gasteiger partial charge in [0.1, 0.15) is 5.82 Å². The van der Waals surface area contributed by atoms with E-state index in [1.807, 2.05) is 30.3 Å². The lowest BCUT2D eigenvalue weighted by Gasteiger charge is -2.34. The molecule has 11 nitrogen and oxygen atoms in total. The third kappa shape index (κ3) is 5.25. The van der Waals surface area contributed by atoms with Gasteiger partial charge in [-0.2, -0.15) is 0 Å². The Morgan fingerprint density at radius 2 is 1.79 bits per heavy atom. The van der Waals surface area contributed by atoms with Crippen LogP contribution in [0.2, 0.25) is 0 Å². The highest BCUT2D eigenvalue weighted by Gasteiger charge is 2.28. The Hall–Kier alpha value is -3.83. The zero-order chi connectivity index (χ0) is 25.9. The average Bonchev–Trinajstić information content (AvgIpc) is 3.37. The number of carbonyl (C=O) groups excluding carboxylic acids is 1. The van der Waals surface area contributed by atoms with Gasteiger partial charge >= 0.3 is 6.03 Å². The number of aliphatic hydroxyl groups is 1. The number of morpholine rings is 1. The standard InChI is InChI=1S/C27H32N8O3/c36-23-4-1-3-21(23)32-27(37)30-19-7-5-18(6-8-19)24-31-22-17-35(26-28-10-2-11-29-26)12-9-20(22)25(33-24)34-13-15-38-16-14-34/h2,5-8,10-11,21,23,36H,1,3-4,9,12-17H2,(H2,30,32,37)/t21-,23-/m0/s1. The number of hydrogen-bond donors (Lipinski definition) is 3. The van der Waals surface area contributed by atoms with Crippen LogP contribution in [0.25, 0.3) is 11.4 Å². The highest BCUT2D eigenvalue weighted by molar-refractivity contribution is 5.89. The van der Waals surface area contributed by atoms with Gasteiger partial charge in [0.25, 0.3) is 0 Å². The number of amides is 2. The molecule has 4 heterocycles. The number of anilines is 3. The van der Waals surface area contributed by atoms with Crippen molar-refractivity contribution in [2.75, 3.05) is 48.0 Å². The van der Waals surface area contributed by atoms with E-state index in [0.717, 1.165) is 62.4 Å². The number of urea groups is 1. The Morgan fingerprint density at radius 3 is 2.53 bits per heavy atom. The highest BCUT2D eigenvalue weighted by atomic mass is 16.5. The van der Waals surface area contributed by atoms with Crippen molar-refractivity contribution in [1.82, 2.24) is 25.3 Å².